The van der Waals surface area contributed by atoms with Crippen molar-refractivity contribution in [2.24, 2.45) is 0 Å². The molecule has 1 fully saturated rings. The standard InChI is InChI=1S/C28H23F2N5O2S2/c1-16-23(35-13-14-38-28(35)32-16)25(36)31-15-21-3-2-12-34(21)27(37)22-24(17-4-8-19(29)9-5-17)39-26(33-22)18-6-10-20(30)11-7-18/h4-11,13-14,21H,2-3,12,15H2,1H3,(H,31,36)/t21-/m0/s1. The summed E-state index contributed by atoms with van der Waals surface area (Å²) < 4.78 is 28.9. The minimum absolute atomic E-state index is 0.204. The lowest BCUT2D eigenvalue weighted by Gasteiger charge is -2.24. The van der Waals surface area contributed by atoms with E-state index in [1.54, 1.807) is 40.5 Å². The number of fused-ring (bicyclic) bond motifs is 1. The number of hydrogen-bond donors (Lipinski definition) is 1. The van der Waals surface area contributed by atoms with Gasteiger partial charge in [0.15, 0.2) is 4.96 Å². The van der Waals surface area contributed by atoms with Crippen molar-refractivity contribution >= 4 is 39.4 Å². The number of thiazole rings is 2. The first kappa shape index (κ1) is 25.3. The molecule has 1 aliphatic rings. The fourth-order valence-corrected chi connectivity index (χ4v) is 6.72. The lowest BCUT2D eigenvalue weighted by Crippen LogP contribution is -2.43. The monoisotopic (exact) mass is 563 g/mol. The van der Waals surface area contributed by atoms with Gasteiger partial charge in [0.2, 0.25) is 0 Å². The number of nitrogens with one attached hydrogen (secondary N) is 1. The molecule has 0 radical (unpaired) electrons. The second kappa shape index (κ2) is 10.3. The summed E-state index contributed by atoms with van der Waals surface area (Å²) in [5.74, 6) is -1.23. The normalized spacial score (nSPS) is 15.3. The van der Waals surface area contributed by atoms with Crippen LogP contribution in [-0.4, -0.2) is 50.2 Å². The van der Waals surface area contributed by atoms with Crippen LogP contribution in [0.3, 0.4) is 0 Å². The first-order chi connectivity index (χ1) is 18.9. The number of rotatable bonds is 6. The van der Waals surface area contributed by atoms with Crippen molar-refractivity contribution in [3.63, 3.8) is 0 Å². The Morgan fingerprint density at radius 3 is 2.44 bits per heavy atom. The van der Waals surface area contributed by atoms with E-state index >= 15 is 0 Å². The van der Waals surface area contributed by atoms with Gasteiger partial charge in [0, 0.05) is 36.3 Å². The van der Waals surface area contributed by atoms with E-state index in [2.05, 4.69) is 15.3 Å². The Kier molecular flexibility index (Phi) is 6.69. The summed E-state index contributed by atoms with van der Waals surface area (Å²) in [5, 5.41) is 5.44. The van der Waals surface area contributed by atoms with Crippen molar-refractivity contribution in [3.05, 3.63) is 88.8 Å². The minimum atomic E-state index is -0.376. The molecule has 0 aliphatic carbocycles. The van der Waals surface area contributed by atoms with Crippen LogP contribution < -0.4 is 5.32 Å². The van der Waals surface area contributed by atoms with E-state index in [1.165, 1.54) is 46.9 Å². The van der Waals surface area contributed by atoms with Crippen molar-refractivity contribution < 1.29 is 18.4 Å². The second-order valence-corrected chi connectivity index (χ2v) is 11.2. The lowest BCUT2D eigenvalue weighted by atomic mass is 10.1. The fraction of sp³-hybridized carbons (Fsp3) is 0.214. The van der Waals surface area contributed by atoms with Gasteiger partial charge in [-0.15, -0.1) is 22.7 Å². The van der Waals surface area contributed by atoms with E-state index in [0.29, 0.717) is 45.5 Å². The van der Waals surface area contributed by atoms with Gasteiger partial charge in [-0.1, -0.05) is 12.1 Å². The Hall–Kier alpha value is -3.96. The fourth-order valence-electron chi connectivity index (χ4n) is 4.89. The zero-order valence-corrected chi connectivity index (χ0v) is 22.5. The van der Waals surface area contributed by atoms with E-state index < -0.39 is 0 Å². The number of carbonyl (C=O) groups is 2. The van der Waals surface area contributed by atoms with Gasteiger partial charge >= 0.3 is 0 Å². The molecule has 0 unspecified atom stereocenters. The maximum absolute atomic E-state index is 13.9. The Bertz CT molecular complexity index is 1670. The molecule has 7 nitrogen and oxygen atoms in total. The molecule has 198 valence electrons. The number of benzene rings is 2. The molecule has 1 aliphatic heterocycles. The van der Waals surface area contributed by atoms with Crippen molar-refractivity contribution in [3.8, 4) is 21.0 Å². The third-order valence-corrected chi connectivity index (χ3v) is 8.73. The molecule has 6 rings (SSSR count). The highest BCUT2D eigenvalue weighted by molar-refractivity contribution is 7.18. The number of halogens is 2. The summed E-state index contributed by atoms with van der Waals surface area (Å²) in [6, 6.07) is 11.7. The van der Waals surface area contributed by atoms with Crippen LogP contribution in [0.4, 0.5) is 8.78 Å². The molecule has 1 atom stereocenters. The lowest BCUT2D eigenvalue weighted by molar-refractivity contribution is 0.0720. The van der Waals surface area contributed by atoms with Crippen LogP contribution in [0.1, 0.15) is 39.5 Å². The van der Waals surface area contributed by atoms with E-state index in [1.807, 2.05) is 11.6 Å². The minimum Gasteiger partial charge on any atom is -0.349 e. The van der Waals surface area contributed by atoms with Crippen LogP contribution in [-0.2, 0) is 0 Å². The predicted octanol–water partition coefficient (Wildman–Crippen LogP) is 5.81. The van der Waals surface area contributed by atoms with E-state index in [9.17, 15) is 18.4 Å². The highest BCUT2D eigenvalue weighted by atomic mass is 32.1. The van der Waals surface area contributed by atoms with Crippen LogP contribution in [0.5, 0.6) is 0 Å². The molecule has 0 saturated carbocycles. The molecule has 0 bridgehead atoms. The smallest absolute Gasteiger partial charge is 0.274 e. The predicted molar refractivity (Wildman–Crippen MR) is 147 cm³/mol. The van der Waals surface area contributed by atoms with Gasteiger partial charge < -0.3 is 10.2 Å². The van der Waals surface area contributed by atoms with Gasteiger partial charge in [-0.05, 0) is 61.7 Å². The van der Waals surface area contributed by atoms with E-state index in [4.69, 9.17) is 0 Å². The van der Waals surface area contributed by atoms with Gasteiger partial charge in [0.05, 0.1) is 10.6 Å². The first-order valence-electron chi connectivity index (χ1n) is 12.4. The molecule has 0 spiro atoms. The largest absolute Gasteiger partial charge is 0.349 e. The molecule has 2 aromatic carbocycles. The number of hydrogen-bond acceptors (Lipinski definition) is 6. The summed E-state index contributed by atoms with van der Waals surface area (Å²) in [4.78, 5) is 39.2. The molecular weight excluding hydrogens is 540 g/mol. The maximum atomic E-state index is 13.9. The van der Waals surface area contributed by atoms with E-state index in [0.717, 1.165) is 17.8 Å². The van der Waals surface area contributed by atoms with Gasteiger partial charge in [-0.2, -0.15) is 0 Å². The van der Waals surface area contributed by atoms with Gasteiger partial charge in [-0.25, -0.2) is 18.7 Å². The molecule has 5 aromatic rings. The third kappa shape index (κ3) is 4.83. The van der Waals surface area contributed by atoms with Gasteiger partial charge in [0.1, 0.15) is 28.0 Å². The first-order valence-corrected chi connectivity index (χ1v) is 14.1. The Labute approximate surface area is 230 Å². The topological polar surface area (TPSA) is 79.6 Å². The Balaban J connectivity index is 1.27. The SMILES string of the molecule is Cc1nc2sccn2c1C(=O)NC[C@@H]1CCCN1C(=O)c1nc(-c2ccc(F)cc2)sc1-c1ccc(F)cc1. The maximum Gasteiger partial charge on any atom is 0.274 e. The average Bonchev–Trinajstić information content (AvgIpc) is 3.72. The van der Waals surface area contributed by atoms with Crippen molar-refractivity contribution in [1.29, 1.82) is 0 Å². The number of imidazole rings is 1. The number of aryl methyl sites for hydroxylation is 1. The molecule has 3 aromatic heterocycles. The number of likely N-dealkylation sites (tertiary alicyclic amines) is 1. The summed E-state index contributed by atoms with van der Waals surface area (Å²) in [6.07, 6.45) is 3.36. The highest BCUT2D eigenvalue weighted by Gasteiger charge is 2.33. The van der Waals surface area contributed by atoms with E-state index in [-0.39, 0.29) is 35.2 Å². The number of nitrogens with zero attached hydrogens (tertiary/aromatic N) is 4. The summed E-state index contributed by atoms with van der Waals surface area (Å²) in [6.45, 7) is 2.63. The molecule has 11 heteroatoms. The van der Waals surface area contributed by atoms with Crippen LogP contribution in [0.15, 0.2) is 60.1 Å². The summed E-state index contributed by atoms with van der Waals surface area (Å²) >= 11 is 2.76. The van der Waals surface area contributed by atoms with Crippen LogP contribution in [0.25, 0.3) is 26.0 Å². The molecule has 1 N–H and O–H groups in total. The zero-order chi connectivity index (χ0) is 27.1. The van der Waals surface area contributed by atoms with Crippen molar-refractivity contribution in [2.75, 3.05) is 13.1 Å². The Morgan fingerprint density at radius 1 is 1.03 bits per heavy atom. The molecule has 39 heavy (non-hydrogen) atoms. The van der Waals surface area contributed by atoms with Gasteiger partial charge in [0.25, 0.3) is 11.8 Å². The van der Waals surface area contributed by atoms with Gasteiger partial charge in [-0.3, -0.25) is 14.0 Å². The molecule has 1 saturated heterocycles. The molecule has 4 heterocycles. The zero-order valence-electron chi connectivity index (χ0n) is 20.9. The second-order valence-electron chi connectivity index (χ2n) is 9.32. The van der Waals surface area contributed by atoms with Crippen molar-refractivity contribution in [2.45, 2.75) is 25.8 Å². The van der Waals surface area contributed by atoms with Crippen LogP contribution in [0.2, 0.25) is 0 Å². The average molecular weight is 564 g/mol. The molecule has 2 amide bonds. The van der Waals surface area contributed by atoms with Crippen LogP contribution in [0, 0.1) is 18.6 Å². The third-order valence-electron chi connectivity index (χ3n) is 6.82. The summed E-state index contributed by atoms with van der Waals surface area (Å²) in [7, 11) is 0. The van der Waals surface area contributed by atoms with Crippen molar-refractivity contribution in [1.82, 2.24) is 24.6 Å². The number of amides is 2. The number of carbonyl (C=O) groups excluding carboxylic acids is 2. The summed E-state index contributed by atoms with van der Waals surface area (Å²) in [5.41, 5.74) is 2.76. The quantitative estimate of drug-likeness (QED) is 0.283. The molecular formula is C28H23F2N5O2S2. The number of aromatic nitrogens is 3. The Morgan fingerprint density at radius 2 is 1.72 bits per heavy atom. The van der Waals surface area contributed by atoms with Crippen LogP contribution >= 0.6 is 22.7 Å². The highest BCUT2D eigenvalue weighted by Crippen LogP contribution is 2.37.